The normalized spacial score (nSPS) is 51.5. The second kappa shape index (κ2) is 20.4. The molecule has 0 aromatic heterocycles. The Morgan fingerprint density at radius 2 is 1.26 bits per heavy atom. The molecule has 7 fully saturated rings. The van der Waals surface area contributed by atoms with E-state index >= 15 is 4.79 Å². The van der Waals surface area contributed by atoms with E-state index < -0.39 is 157 Å². The summed E-state index contributed by atoms with van der Waals surface area (Å²) in [7, 11) is 0. The number of carbonyl (C=O) groups excluding carboxylic acids is 3. The van der Waals surface area contributed by atoms with Crippen LogP contribution in [0.25, 0.3) is 0 Å². The van der Waals surface area contributed by atoms with Crippen molar-refractivity contribution >= 4 is 17.9 Å². The zero-order chi connectivity index (χ0) is 53.7. The van der Waals surface area contributed by atoms with E-state index in [1.54, 1.807) is 0 Å². The van der Waals surface area contributed by atoms with Gasteiger partial charge >= 0.3 is 17.9 Å². The molecule has 5 aliphatic carbocycles. The molecule has 10 N–H and O–H groups in total. The number of hydrogen-bond donors (Lipinski definition) is 10. The van der Waals surface area contributed by atoms with E-state index in [0.717, 1.165) is 18.9 Å². The molecular weight excluding hydrogens is 961 g/mol. The molecule has 0 aromatic rings. The summed E-state index contributed by atoms with van der Waals surface area (Å²) in [5.74, 6) is -2.29. The molecular formula is C52H82O21. The molecule has 3 saturated heterocycles. The van der Waals surface area contributed by atoms with Gasteiger partial charge in [0, 0.05) is 19.3 Å². The van der Waals surface area contributed by atoms with Gasteiger partial charge in [-0.2, -0.15) is 0 Å². The van der Waals surface area contributed by atoms with Crippen LogP contribution in [0, 0.1) is 50.2 Å². The topological polar surface area (TPSA) is 327 Å². The Balaban J connectivity index is 1.16. The number of rotatable bonds is 11. The molecule has 21 heteroatoms. The first-order valence-electron chi connectivity index (χ1n) is 26.2. The molecule has 25 atom stereocenters. The molecule has 0 radical (unpaired) electrons. The Morgan fingerprint density at radius 3 is 1.90 bits per heavy atom. The van der Waals surface area contributed by atoms with Crippen LogP contribution in [-0.4, -0.2) is 193 Å². The van der Waals surface area contributed by atoms with Gasteiger partial charge in [-0.3, -0.25) is 14.4 Å². The molecule has 0 aromatic carbocycles. The molecule has 416 valence electrons. The number of aliphatic hydroxyl groups excluding tert-OH is 10. The second-order valence-corrected chi connectivity index (χ2v) is 24.7. The fourth-order valence-corrected chi connectivity index (χ4v) is 15.5. The molecule has 4 saturated carbocycles. The van der Waals surface area contributed by atoms with E-state index in [9.17, 15) is 60.7 Å². The smallest absolute Gasteiger partial charge is 0.315 e. The fourth-order valence-electron chi connectivity index (χ4n) is 15.5. The maximum Gasteiger partial charge on any atom is 0.315 e. The molecule has 0 amide bonds. The third-order valence-electron chi connectivity index (χ3n) is 19.9. The molecule has 3 heterocycles. The van der Waals surface area contributed by atoms with Gasteiger partial charge in [-0.1, -0.05) is 53.2 Å². The van der Waals surface area contributed by atoms with Gasteiger partial charge in [-0.05, 0) is 104 Å². The number of hydrogen-bond acceptors (Lipinski definition) is 21. The Bertz CT molecular complexity index is 2070. The van der Waals surface area contributed by atoms with Gasteiger partial charge in [0.15, 0.2) is 18.7 Å². The first kappa shape index (κ1) is 56.7. The predicted molar refractivity (Wildman–Crippen MR) is 251 cm³/mol. The maximum atomic E-state index is 15.7. The van der Waals surface area contributed by atoms with E-state index in [4.69, 9.17) is 37.9 Å². The van der Waals surface area contributed by atoms with Crippen LogP contribution in [0.1, 0.15) is 120 Å². The summed E-state index contributed by atoms with van der Waals surface area (Å²) in [6.45, 7) is 15.5. The van der Waals surface area contributed by atoms with Crippen molar-refractivity contribution in [1.29, 1.82) is 0 Å². The summed E-state index contributed by atoms with van der Waals surface area (Å²) in [5.41, 5.74) is -2.41. The minimum atomic E-state index is -1.99. The van der Waals surface area contributed by atoms with Crippen molar-refractivity contribution in [2.75, 3.05) is 19.8 Å². The summed E-state index contributed by atoms with van der Waals surface area (Å²) < 4.78 is 47.7. The number of aliphatic hydroxyl groups is 10. The van der Waals surface area contributed by atoms with Gasteiger partial charge in [0.05, 0.1) is 36.9 Å². The minimum absolute atomic E-state index is 0.0243. The lowest BCUT2D eigenvalue weighted by Gasteiger charge is -2.71. The van der Waals surface area contributed by atoms with Crippen molar-refractivity contribution in [3.63, 3.8) is 0 Å². The quantitative estimate of drug-likeness (QED) is 0.0753. The third kappa shape index (κ3) is 9.52. The van der Waals surface area contributed by atoms with Gasteiger partial charge in [0.1, 0.15) is 67.6 Å². The van der Waals surface area contributed by atoms with E-state index in [1.165, 1.54) is 13.8 Å². The monoisotopic (exact) mass is 1040 g/mol. The standard InChI is InChI=1S/C52H82O21/c1-23-33(57)36(60)38(62)43(68-23)72-41-40(71-44-39(63)37(61)34(58)29(20-53)69-44)35(59)30(21-66-24(2)54)70-45(41)73-46(65)52-16-14-47(4,5)18-27(52)26-10-11-32-48(6)19-28(56)42(64)49(7,22-67-25(3)55)31(48)12-13-51(32,9)50(26,8)15-17-52/h10,23,27-45,53,56-64H,11-22H2,1-9H3/t23-,27-,28-,29+,30+,31+,32+,33-,34+,35+,36+,37-,38+,39+,40-,41+,42-,43-,44-,45-,48+,49-,50+,51+,52-/m0/s1. The fraction of sp³-hybridized carbons (Fsp3) is 0.904. The number of esters is 3. The molecule has 3 aliphatic heterocycles. The average molecular weight is 1040 g/mol. The predicted octanol–water partition coefficient (Wildman–Crippen LogP) is 0.253. The zero-order valence-electron chi connectivity index (χ0n) is 43.6. The summed E-state index contributed by atoms with van der Waals surface area (Å²) in [4.78, 5) is 40.0. The highest BCUT2D eigenvalue weighted by Gasteiger charge is 2.71. The van der Waals surface area contributed by atoms with Crippen LogP contribution in [0.5, 0.6) is 0 Å². The Hall–Kier alpha value is -2.45. The lowest BCUT2D eigenvalue weighted by atomic mass is 9.33. The van der Waals surface area contributed by atoms with Crippen molar-refractivity contribution in [3.8, 4) is 0 Å². The SMILES string of the molecule is CC(=O)OC[C@H]1O[C@@H](OC(=O)[C@]23CCC(C)(C)C[C@H]2C2=CC[C@@H]4[C@]5(C)C[C@H](O)[C@H](O)[C@@](C)(COC(C)=O)[C@@H]5CC[C@@]4(C)[C@]2(C)CC3)[C@H](O[C@@H]2O[C@@H](C)[C@H](O)[C@@H](O)[C@H]2O)[C@@H](O[C@@H]2O[C@H](CO)[C@@H](O)[C@H](O)[C@H]2O)[C@@H]1O. The number of ether oxygens (including phenoxy) is 8. The molecule has 21 nitrogen and oxygen atoms in total. The van der Waals surface area contributed by atoms with Crippen molar-refractivity contribution < 1.29 is 103 Å². The molecule has 0 unspecified atom stereocenters. The highest BCUT2D eigenvalue weighted by molar-refractivity contribution is 5.79. The van der Waals surface area contributed by atoms with Crippen molar-refractivity contribution in [1.82, 2.24) is 0 Å². The Morgan fingerprint density at radius 1 is 0.658 bits per heavy atom. The van der Waals surface area contributed by atoms with Crippen molar-refractivity contribution in [2.45, 2.75) is 224 Å². The van der Waals surface area contributed by atoms with Gasteiger partial charge in [-0.15, -0.1) is 0 Å². The third-order valence-corrected chi connectivity index (χ3v) is 19.9. The summed E-state index contributed by atoms with van der Waals surface area (Å²) in [6.07, 6.45) is -20.9. The maximum absolute atomic E-state index is 15.7. The van der Waals surface area contributed by atoms with Crippen molar-refractivity contribution in [2.24, 2.45) is 50.2 Å². The van der Waals surface area contributed by atoms with Crippen molar-refractivity contribution in [3.05, 3.63) is 11.6 Å². The van der Waals surface area contributed by atoms with Crippen LogP contribution >= 0.6 is 0 Å². The molecule has 8 aliphatic rings. The van der Waals surface area contributed by atoms with Gasteiger partial charge in [0.2, 0.25) is 6.29 Å². The first-order valence-corrected chi connectivity index (χ1v) is 26.2. The number of allylic oxidation sites excluding steroid dienone is 2. The van der Waals surface area contributed by atoms with E-state index in [-0.39, 0.29) is 35.2 Å². The molecule has 8 rings (SSSR count). The van der Waals surface area contributed by atoms with Crippen LogP contribution in [0.3, 0.4) is 0 Å². The highest BCUT2D eigenvalue weighted by atomic mass is 16.8. The van der Waals surface area contributed by atoms with Gasteiger partial charge in [0.25, 0.3) is 0 Å². The molecule has 73 heavy (non-hydrogen) atoms. The lowest BCUT2D eigenvalue weighted by Crippen LogP contribution is -2.68. The van der Waals surface area contributed by atoms with E-state index in [0.29, 0.717) is 51.4 Å². The van der Waals surface area contributed by atoms with E-state index in [2.05, 4.69) is 40.7 Å². The minimum Gasteiger partial charge on any atom is -0.465 e. The van der Waals surface area contributed by atoms with Crippen LogP contribution < -0.4 is 0 Å². The Labute approximate surface area is 426 Å². The number of carbonyl (C=O) groups is 3. The molecule has 0 bridgehead atoms. The van der Waals surface area contributed by atoms with Crippen LogP contribution in [0.2, 0.25) is 0 Å². The summed E-state index contributed by atoms with van der Waals surface area (Å²) >= 11 is 0. The lowest BCUT2D eigenvalue weighted by molar-refractivity contribution is -0.387. The van der Waals surface area contributed by atoms with Gasteiger partial charge in [-0.25, -0.2) is 0 Å². The van der Waals surface area contributed by atoms with Crippen LogP contribution in [0.15, 0.2) is 11.6 Å². The Kier molecular flexibility index (Phi) is 15.9. The molecule has 0 spiro atoms. The first-order chi connectivity index (χ1) is 34.0. The van der Waals surface area contributed by atoms with E-state index in [1.807, 2.05) is 6.92 Å². The average Bonchev–Trinajstić information content (AvgIpc) is 3.32. The number of fused-ring (bicyclic) bond motifs is 7. The van der Waals surface area contributed by atoms with Gasteiger partial charge < -0.3 is 89.0 Å². The van der Waals surface area contributed by atoms with Crippen LogP contribution in [-0.2, 0) is 52.3 Å². The second-order valence-electron chi connectivity index (χ2n) is 24.7. The summed E-state index contributed by atoms with van der Waals surface area (Å²) in [5, 5.41) is 110. The highest BCUT2D eigenvalue weighted by Crippen LogP contribution is 2.76. The largest absolute Gasteiger partial charge is 0.465 e. The zero-order valence-corrected chi connectivity index (χ0v) is 43.6. The summed E-state index contributed by atoms with van der Waals surface area (Å²) in [6, 6.07) is 0. The van der Waals surface area contributed by atoms with Crippen LogP contribution in [0.4, 0.5) is 0 Å².